The zero-order chi connectivity index (χ0) is 16.0. The Bertz CT molecular complexity index is 387. The van der Waals surface area contributed by atoms with Gasteiger partial charge in [-0.2, -0.15) is 0 Å². The molecule has 0 aromatic rings. The molecular formula is C15H26N2O4. The molecule has 1 aliphatic heterocycles. The number of amides is 2. The van der Waals surface area contributed by atoms with E-state index in [2.05, 4.69) is 0 Å². The lowest BCUT2D eigenvalue weighted by molar-refractivity contribution is -0.141. The summed E-state index contributed by atoms with van der Waals surface area (Å²) < 4.78 is 0. The van der Waals surface area contributed by atoms with Crippen molar-refractivity contribution in [1.29, 1.82) is 0 Å². The van der Waals surface area contributed by atoms with Crippen LogP contribution in [0.5, 0.6) is 0 Å². The Morgan fingerprint density at radius 3 is 2.29 bits per heavy atom. The summed E-state index contributed by atoms with van der Waals surface area (Å²) in [5.74, 6) is -0.670. The minimum absolute atomic E-state index is 0.00376. The van der Waals surface area contributed by atoms with E-state index >= 15 is 0 Å². The van der Waals surface area contributed by atoms with Gasteiger partial charge in [0.1, 0.15) is 0 Å². The molecule has 1 aliphatic rings. The van der Waals surface area contributed by atoms with Gasteiger partial charge >= 0.3 is 5.97 Å². The van der Waals surface area contributed by atoms with E-state index in [9.17, 15) is 14.4 Å². The molecule has 6 heteroatoms. The molecule has 0 bridgehead atoms. The van der Waals surface area contributed by atoms with Crippen molar-refractivity contribution in [2.75, 3.05) is 26.7 Å². The molecule has 120 valence electrons. The molecule has 2 amide bonds. The van der Waals surface area contributed by atoms with E-state index in [1.807, 2.05) is 18.7 Å². The molecule has 21 heavy (non-hydrogen) atoms. The van der Waals surface area contributed by atoms with E-state index in [0.29, 0.717) is 38.9 Å². The largest absolute Gasteiger partial charge is 0.481 e. The zero-order valence-corrected chi connectivity index (χ0v) is 13.2. The summed E-state index contributed by atoms with van der Waals surface area (Å²) >= 11 is 0. The molecule has 0 aliphatic carbocycles. The van der Waals surface area contributed by atoms with Crippen LogP contribution in [0.3, 0.4) is 0 Å². The number of hydrogen-bond donors (Lipinski definition) is 1. The number of carboxylic acids is 1. The number of carbonyl (C=O) groups excluding carboxylic acids is 2. The molecule has 0 aromatic carbocycles. The number of hydrogen-bond acceptors (Lipinski definition) is 3. The van der Waals surface area contributed by atoms with E-state index in [-0.39, 0.29) is 30.1 Å². The molecule has 1 saturated heterocycles. The predicted octanol–water partition coefficient (Wildman–Crippen LogP) is 1.20. The topological polar surface area (TPSA) is 77.9 Å². The SMILES string of the molecule is CC(C)C(=O)N1CCC(C(=O)N(C)CCCC(=O)O)CC1. The molecule has 0 atom stereocenters. The highest BCUT2D eigenvalue weighted by atomic mass is 16.4. The Morgan fingerprint density at radius 2 is 1.81 bits per heavy atom. The fourth-order valence-corrected chi connectivity index (χ4v) is 2.60. The zero-order valence-electron chi connectivity index (χ0n) is 13.2. The number of carbonyl (C=O) groups is 3. The predicted molar refractivity (Wildman–Crippen MR) is 78.6 cm³/mol. The molecular weight excluding hydrogens is 272 g/mol. The average Bonchev–Trinajstić information content (AvgIpc) is 2.45. The average molecular weight is 298 g/mol. The molecule has 0 unspecified atom stereocenters. The smallest absolute Gasteiger partial charge is 0.303 e. The van der Waals surface area contributed by atoms with Gasteiger partial charge in [-0.25, -0.2) is 0 Å². The number of piperidine rings is 1. The summed E-state index contributed by atoms with van der Waals surface area (Å²) in [7, 11) is 1.72. The molecule has 1 rings (SSSR count). The second kappa shape index (κ2) is 8.00. The van der Waals surface area contributed by atoms with Crippen molar-refractivity contribution < 1.29 is 19.5 Å². The first-order chi connectivity index (χ1) is 9.82. The fraction of sp³-hybridized carbons (Fsp3) is 0.800. The third-order valence-corrected chi connectivity index (χ3v) is 3.91. The minimum atomic E-state index is -0.837. The molecule has 0 aromatic heterocycles. The third kappa shape index (κ3) is 5.36. The van der Waals surface area contributed by atoms with Gasteiger partial charge in [-0.1, -0.05) is 13.8 Å². The van der Waals surface area contributed by atoms with Crippen molar-refractivity contribution in [2.24, 2.45) is 11.8 Å². The molecule has 1 heterocycles. The van der Waals surface area contributed by atoms with Gasteiger partial charge < -0.3 is 14.9 Å². The maximum atomic E-state index is 12.3. The van der Waals surface area contributed by atoms with E-state index < -0.39 is 5.97 Å². The first-order valence-electron chi connectivity index (χ1n) is 7.58. The molecule has 0 saturated carbocycles. The fourth-order valence-electron chi connectivity index (χ4n) is 2.60. The van der Waals surface area contributed by atoms with Crippen LogP contribution >= 0.6 is 0 Å². The Labute approximate surface area is 126 Å². The Hall–Kier alpha value is -1.59. The van der Waals surface area contributed by atoms with Gasteiger partial charge in [-0.05, 0) is 19.3 Å². The second-order valence-corrected chi connectivity index (χ2v) is 6.01. The maximum absolute atomic E-state index is 12.3. The van der Waals surface area contributed by atoms with Crippen molar-refractivity contribution in [3.8, 4) is 0 Å². The van der Waals surface area contributed by atoms with Crippen LogP contribution in [0.2, 0.25) is 0 Å². The van der Waals surface area contributed by atoms with Crippen LogP contribution in [-0.2, 0) is 14.4 Å². The van der Waals surface area contributed by atoms with Crippen molar-refractivity contribution >= 4 is 17.8 Å². The maximum Gasteiger partial charge on any atom is 0.303 e. The summed E-state index contributed by atoms with van der Waals surface area (Å²) in [5, 5.41) is 8.60. The minimum Gasteiger partial charge on any atom is -0.481 e. The second-order valence-electron chi connectivity index (χ2n) is 6.01. The van der Waals surface area contributed by atoms with E-state index in [1.165, 1.54) is 0 Å². The third-order valence-electron chi connectivity index (χ3n) is 3.91. The Morgan fingerprint density at radius 1 is 1.24 bits per heavy atom. The van der Waals surface area contributed by atoms with E-state index in [0.717, 1.165) is 0 Å². The van der Waals surface area contributed by atoms with Crippen LogP contribution in [0.25, 0.3) is 0 Å². The first kappa shape index (κ1) is 17.5. The Balaban J connectivity index is 2.37. The molecule has 1 fully saturated rings. The van der Waals surface area contributed by atoms with Gasteiger partial charge in [0.15, 0.2) is 0 Å². The van der Waals surface area contributed by atoms with Crippen molar-refractivity contribution in [2.45, 2.75) is 39.5 Å². The van der Waals surface area contributed by atoms with Gasteiger partial charge in [0, 0.05) is 44.9 Å². The molecule has 0 radical (unpaired) electrons. The lowest BCUT2D eigenvalue weighted by Gasteiger charge is -2.34. The summed E-state index contributed by atoms with van der Waals surface area (Å²) in [6.07, 6.45) is 1.95. The van der Waals surface area contributed by atoms with Crippen LogP contribution in [0, 0.1) is 11.8 Å². The van der Waals surface area contributed by atoms with Gasteiger partial charge in [0.25, 0.3) is 0 Å². The van der Waals surface area contributed by atoms with Crippen LogP contribution in [-0.4, -0.2) is 59.4 Å². The monoisotopic (exact) mass is 298 g/mol. The highest BCUT2D eigenvalue weighted by Crippen LogP contribution is 2.20. The highest BCUT2D eigenvalue weighted by Gasteiger charge is 2.29. The van der Waals surface area contributed by atoms with Crippen molar-refractivity contribution in [3.05, 3.63) is 0 Å². The summed E-state index contributed by atoms with van der Waals surface area (Å²) in [6, 6.07) is 0. The number of rotatable bonds is 6. The van der Waals surface area contributed by atoms with E-state index in [4.69, 9.17) is 5.11 Å². The van der Waals surface area contributed by atoms with Crippen LogP contribution in [0.1, 0.15) is 39.5 Å². The lowest BCUT2D eigenvalue weighted by Crippen LogP contribution is -2.44. The number of nitrogens with zero attached hydrogens (tertiary/aromatic N) is 2. The van der Waals surface area contributed by atoms with Gasteiger partial charge in [-0.3, -0.25) is 14.4 Å². The number of aliphatic carboxylic acids is 1. The van der Waals surface area contributed by atoms with Crippen molar-refractivity contribution in [3.63, 3.8) is 0 Å². The molecule has 0 spiro atoms. The first-order valence-corrected chi connectivity index (χ1v) is 7.58. The Kier molecular flexibility index (Phi) is 6.65. The summed E-state index contributed by atoms with van der Waals surface area (Å²) in [6.45, 7) is 5.51. The molecule has 1 N–H and O–H groups in total. The lowest BCUT2D eigenvalue weighted by atomic mass is 9.94. The van der Waals surface area contributed by atoms with Gasteiger partial charge in [0.05, 0.1) is 0 Å². The standard InChI is InChI=1S/C15H26N2O4/c1-11(2)14(20)17-9-6-12(7-10-17)15(21)16(3)8-4-5-13(18)19/h11-12H,4-10H2,1-3H3,(H,18,19). The van der Waals surface area contributed by atoms with E-state index in [1.54, 1.807) is 11.9 Å². The van der Waals surface area contributed by atoms with Crippen LogP contribution in [0.4, 0.5) is 0 Å². The highest BCUT2D eigenvalue weighted by molar-refractivity contribution is 5.80. The van der Waals surface area contributed by atoms with Crippen LogP contribution in [0.15, 0.2) is 0 Å². The number of likely N-dealkylation sites (tertiary alicyclic amines) is 1. The van der Waals surface area contributed by atoms with Crippen molar-refractivity contribution in [1.82, 2.24) is 9.80 Å². The normalized spacial score (nSPS) is 16.1. The number of carboxylic acid groups (broad SMARTS) is 1. The quantitative estimate of drug-likeness (QED) is 0.799. The summed E-state index contributed by atoms with van der Waals surface area (Å²) in [5.41, 5.74) is 0. The molecule has 6 nitrogen and oxygen atoms in total. The van der Waals surface area contributed by atoms with Gasteiger partial charge in [-0.15, -0.1) is 0 Å². The van der Waals surface area contributed by atoms with Crippen LogP contribution < -0.4 is 0 Å². The summed E-state index contributed by atoms with van der Waals surface area (Å²) in [4.78, 5) is 38.1. The van der Waals surface area contributed by atoms with Gasteiger partial charge in [0.2, 0.25) is 11.8 Å².